The highest BCUT2D eigenvalue weighted by atomic mass is 19.4. The quantitative estimate of drug-likeness (QED) is 0.0615. The Morgan fingerprint density at radius 3 is 1.14 bits per heavy atom. The smallest absolute Gasteiger partial charge is 0.406 e. The Balaban J connectivity index is 0.000000197. The first-order chi connectivity index (χ1) is 38.1. The fraction of sp³-hybridized carbons (Fsp3) is 0.508. The Morgan fingerprint density at radius 1 is 0.388 bits per heavy atom. The number of hydrogen-bond acceptors (Lipinski definition) is 3. The van der Waals surface area contributed by atoms with E-state index < -0.39 is 37.2 Å². The summed E-state index contributed by atoms with van der Waals surface area (Å²) in [7, 11) is 0. The lowest BCUT2D eigenvalue weighted by Gasteiger charge is -2.24. The van der Waals surface area contributed by atoms with Gasteiger partial charge in [0.1, 0.15) is 23.1 Å². The van der Waals surface area contributed by atoms with Crippen molar-refractivity contribution in [2.75, 3.05) is 0 Å². The molecule has 80 heavy (non-hydrogen) atoms. The third-order valence-corrected chi connectivity index (χ3v) is 14.5. The standard InChI is InChI=1S/C18H23F3O.C17H21F3O.C16H19F3O.C14H15F3/c1-2-3-4-5-6-7-14-8-9-16-13-17(22-18(19,20)21)11-10-15(16)12-14;1-2-3-4-5-6-13-7-8-15-12-16(21-17(18,19)20)10-9-14(15)11-13;1-2-3-4-5-12-6-7-14-11-15(20-16(17,18)19)9-8-13(14)10-12;1-2-3-5-10-8-9-6-4-7-11(15)12(9)14(17)13(10)16/h10-13H,2-9H2,1H3;9-12H,2-8H2,1H3;8-11H,2-7H2,1H3;4,6-8,13-14H,2-3,5H2,1H3. The summed E-state index contributed by atoms with van der Waals surface area (Å²) in [6.07, 6.45) is 16.2. The van der Waals surface area contributed by atoms with E-state index in [4.69, 9.17) is 0 Å². The van der Waals surface area contributed by atoms with Gasteiger partial charge in [-0.05, 0) is 177 Å². The molecule has 0 fully saturated rings. The molecule has 4 aliphatic rings. The Labute approximate surface area is 465 Å². The van der Waals surface area contributed by atoms with E-state index in [9.17, 15) is 52.7 Å². The van der Waals surface area contributed by atoms with E-state index >= 15 is 0 Å². The summed E-state index contributed by atoms with van der Waals surface area (Å²) >= 11 is 0. The van der Waals surface area contributed by atoms with Crippen molar-refractivity contribution in [2.24, 2.45) is 0 Å². The molecule has 2 atom stereocenters. The predicted octanol–water partition coefficient (Wildman–Crippen LogP) is 22.4. The van der Waals surface area contributed by atoms with Crippen molar-refractivity contribution in [1.82, 2.24) is 0 Å². The molecule has 0 radical (unpaired) electrons. The number of halogens is 12. The van der Waals surface area contributed by atoms with Crippen LogP contribution in [0.5, 0.6) is 17.2 Å². The zero-order chi connectivity index (χ0) is 58.3. The molecule has 4 aromatic carbocycles. The first-order valence-corrected chi connectivity index (χ1v) is 28.6. The first kappa shape index (κ1) is 65.2. The van der Waals surface area contributed by atoms with E-state index in [0.29, 0.717) is 17.6 Å². The van der Waals surface area contributed by atoms with Crippen LogP contribution in [0.1, 0.15) is 213 Å². The molecule has 0 N–H and O–H groups in total. The van der Waals surface area contributed by atoms with Gasteiger partial charge >= 0.3 is 19.1 Å². The van der Waals surface area contributed by atoms with Crippen LogP contribution in [0.2, 0.25) is 0 Å². The van der Waals surface area contributed by atoms with Gasteiger partial charge in [0.2, 0.25) is 0 Å². The number of benzene rings is 4. The molecular formula is C65H78F12O3. The minimum absolute atomic E-state index is 0.123. The molecule has 4 aliphatic carbocycles. The maximum Gasteiger partial charge on any atom is 0.573 e. The number of fused-ring (bicyclic) bond motifs is 4. The molecule has 4 aromatic rings. The Hall–Kier alpha value is -5.60. The molecule has 440 valence electrons. The van der Waals surface area contributed by atoms with E-state index in [0.717, 1.165) is 104 Å². The van der Waals surface area contributed by atoms with Crippen LogP contribution in [0.15, 0.2) is 95.1 Å². The van der Waals surface area contributed by atoms with Gasteiger partial charge in [-0.3, -0.25) is 0 Å². The highest BCUT2D eigenvalue weighted by molar-refractivity contribution is 5.64. The number of hydrogen-bond donors (Lipinski definition) is 0. The van der Waals surface area contributed by atoms with Crippen LogP contribution in [-0.2, 0) is 19.3 Å². The molecule has 0 spiro atoms. The van der Waals surface area contributed by atoms with Crippen molar-refractivity contribution >= 4 is 24.3 Å². The lowest BCUT2D eigenvalue weighted by atomic mass is 9.87. The van der Waals surface area contributed by atoms with Gasteiger partial charge in [-0.1, -0.05) is 163 Å². The molecule has 15 heteroatoms. The van der Waals surface area contributed by atoms with Crippen molar-refractivity contribution in [3.63, 3.8) is 0 Å². The maximum atomic E-state index is 13.9. The minimum atomic E-state index is -4.62. The van der Waals surface area contributed by atoms with Crippen LogP contribution in [-0.4, -0.2) is 25.3 Å². The number of unbranched alkanes of at least 4 members (excludes halogenated alkanes) is 10. The molecule has 8 rings (SSSR count). The topological polar surface area (TPSA) is 27.7 Å². The van der Waals surface area contributed by atoms with E-state index in [2.05, 4.69) is 53.2 Å². The van der Waals surface area contributed by atoms with Gasteiger partial charge < -0.3 is 14.2 Å². The minimum Gasteiger partial charge on any atom is -0.406 e. The van der Waals surface area contributed by atoms with Gasteiger partial charge in [0.15, 0.2) is 12.3 Å². The van der Waals surface area contributed by atoms with Crippen molar-refractivity contribution in [3.05, 3.63) is 145 Å². The third kappa shape index (κ3) is 22.7. The molecule has 0 saturated carbocycles. The predicted molar refractivity (Wildman–Crippen MR) is 297 cm³/mol. The highest BCUT2D eigenvalue weighted by Gasteiger charge is 2.35. The summed E-state index contributed by atoms with van der Waals surface area (Å²) in [5.74, 6) is -1.04. The zero-order valence-electron chi connectivity index (χ0n) is 46.6. The molecule has 0 bridgehead atoms. The van der Waals surface area contributed by atoms with E-state index in [1.807, 2.05) is 6.92 Å². The summed E-state index contributed by atoms with van der Waals surface area (Å²) in [6, 6.07) is 18.2. The average molecular weight is 1140 g/mol. The largest absolute Gasteiger partial charge is 0.573 e. The highest BCUT2D eigenvalue weighted by Crippen LogP contribution is 2.41. The lowest BCUT2D eigenvalue weighted by Crippen LogP contribution is -2.19. The van der Waals surface area contributed by atoms with Crippen LogP contribution >= 0.6 is 0 Å². The number of rotatable bonds is 21. The van der Waals surface area contributed by atoms with Crippen LogP contribution in [0.4, 0.5) is 52.7 Å². The second-order valence-corrected chi connectivity index (χ2v) is 20.9. The SMILES string of the molecule is CCCCC1=Cc2cccc(F)c2C(F)C1F.CCCCCC1=Cc2ccc(OC(F)(F)F)cc2CC1.CCCCCCC1=Cc2ccc(OC(F)(F)F)cc2CC1.CCCCCCCC1=Cc2ccc(OC(F)(F)F)cc2CC1. The molecule has 0 heterocycles. The second-order valence-electron chi connectivity index (χ2n) is 20.9. The molecule has 0 aliphatic heterocycles. The van der Waals surface area contributed by atoms with Gasteiger partial charge in [-0.25, -0.2) is 13.2 Å². The molecule has 0 aromatic heterocycles. The Morgan fingerprint density at radius 2 is 0.750 bits per heavy atom. The van der Waals surface area contributed by atoms with E-state index in [1.165, 1.54) is 142 Å². The van der Waals surface area contributed by atoms with Crippen LogP contribution in [0.25, 0.3) is 24.3 Å². The van der Waals surface area contributed by atoms with Crippen LogP contribution in [0.3, 0.4) is 0 Å². The fourth-order valence-electron chi connectivity index (χ4n) is 10.3. The fourth-order valence-corrected chi connectivity index (χ4v) is 10.3. The average Bonchev–Trinajstić information content (AvgIpc) is 3.42. The molecule has 0 amide bonds. The molecular weight excluding hydrogens is 1060 g/mol. The van der Waals surface area contributed by atoms with Crippen molar-refractivity contribution in [1.29, 1.82) is 0 Å². The van der Waals surface area contributed by atoms with Gasteiger partial charge in [-0.15, -0.1) is 39.5 Å². The monoisotopic (exact) mass is 1130 g/mol. The third-order valence-electron chi connectivity index (χ3n) is 14.5. The summed E-state index contributed by atoms with van der Waals surface area (Å²) in [5, 5.41) is 0. The first-order valence-electron chi connectivity index (χ1n) is 28.6. The summed E-state index contributed by atoms with van der Waals surface area (Å²) in [4.78, 5) is 0. The Bertz CT molecular complexity index is 2680. The van der Waals surface area contributed by atoms with Gasteiger partial charge in [0.05, 0.1) is 0 Å². The van der Waals surface area contributed by atoms with Gasteiger partial charge in [0, 0.05) is 5.56 Å². The van der Waals surface area contributed by atoms with Crippen molar-refractivity contribution < 1.29 is 66.9 Å². The van der Waals surface area contributed by atoms with Crippen molar-refractivity contribution in [3.8, 4) is 17.2 Å². The van der Waals surface area contributed by atoms with Gasteiger partial charge in [0.25, 0.3) is 0 Å². The normalized spacial score (nSPS) is 16.4. The van der Waals surface area contributed by atoms with Crippen LogP contribution < -0.4 is 14.2 Å². The summed E-state index contributed by atoms with van der Waals surface area (Å²) < 4.78 is 163. The van der Waals surface area contributed by atoms with E-state index in [1.54, 1.807) is 30.3 Å². The number of alkyl halides is 11. The number of ether oxygens (including phenoxy) is 3. The number of allylic oxidation sites excluding steroid dienone is 4. The second kappa shape index (κ2) is 32.1. The molecule has 2 unspecified atom stereocenters. The lowest BCUT2D eigenvalue weighted by molar-refractivity contribution is -0.275. The van der Waals surface area contributed by atoms with Crippen molar-refractivity contribution in [2.45, 2.75) is 213 Å². The zero-order valence-corrected chi connectivity index (χ0v) is 46.6. The molecule has 0 saturated heterocycles. The number of aryl methyl sites for hydroxylation is 3. The maximum absolute atomic E-state index is 13.9. The Kier molecular flexibility index (Phi) is 26.2. The van der Waals surface area contributed by atoms with E-state index in [-0.39, 0.29) is 22.8 Å². The van der Waals surface area contributed by atoms with Crippen LogP contribution in [0, 0.1) is 5.82 Å². The van der Waals surface area contributed by atoms with Gasteiger partial charge in [-0.2, -0.15) is 0 Å². The molecule has 3 nitrogen and oxygen atoms in total. The summed E-state index contributed by atoms with van der Waals surface area (Å²) in [5.41, 5.74) is 10.9. The summed E-state index contributed by atoms with van der Waals surface area (Å²) in [6.45, 7) is 8.57.